The largest absolute Gasteiger partial charge is 0.469 e. The van der Waals surface area contributed by atoms with Crippen molar-refractivity contribution in [2.75, 3.05) is 25.1 Å². The van der Waals surface area contributed by atoms with Crippen LogP contribution in [0.15, 0.2) is 49.1 Å². The highest BCUT2D eigenvalue weighted by atomic mass is 31.2. The number of amides is 2. The zero-order valence-electron chi connectivity index (χ0n) is 20.3. The molecular formula is C22H28N7O8P. The highest BCUT2D eigenvalue weighted by Crippen LogP contribution is 2.38. The fourth-order valence-electron chi connectivity index (χ4n) is 3.51. The lowest BCUT2D eigenvalue weighted by Crippen LogP contribution is -2.58. The molecule has 6 N–H and O–H groups in total. The van der Waals surface area contributed by atoms with Gasteiger partial charge in [-0.2, -0.15) is 0 Å². The van der Waals surface area contributed by atoms with E-state index >= 15 is 0 Å². The summed E-state index contributed by atoms with van der Waals surface area (Å²) >= 11 is 0. The molecule has 1 saturated heterocycles. The Bertz CT molecular complexity index is 1320. The summed E-state index contributed by atoms with van der Waals surface area (Å²) in [6.07, 6.45) is 4.41. The van der Waals surface area contributed by atoms with Crippen molar-refractivity contribution in [2.24, 2.45) is 5.73 Å². The Morgan fingerprint density at radius 1 is 1.32 bits per heavy atom. The Morgan fingerprint density at radius 2 is 2.11 bits per heavy atom. The lowest BCUT2D eigenvalue weighted by molar-refractivity contribution is -0.170. The maximum absolute atomic E-state index is 11.9. The summed E-state index contributed by atoms with van der Waals surface area (Å²) in [5, 5.41) is 5.19. The van der Waals surface area contributed by atoms with Crippen LogP contribution in [0, 0.1) is 0 Å². The van der Waals surface area contributed by atoms with E-state index in [2.05, 4.69) is 30.1 Å². The minimum atomic E-state index is -4.88. The van der Waals surface area contributed by atoms with Gasteiger partial charge in [-0.05, 0) is 18.6 Å². The molecule has 1 aliphatic rings. The molecule has 0 spiro atoms. The van der Waals surface area contributed by atoms with Crippen LogP contribution in [0.5, 0.6) is 0 Å². The number of aromatic nitrogens is 4. The fourth-order valence-corrected chi connectivity index (χ4v) is 3.88. The van der Waals surface area contributed by atoms with E-state index < -0.39 is 38.6 Å². The molecule has 3 aromatic rings. The summed E-state index contributed by atoms with van der Waals surface area (Å²) in [7, 11) is -4.88. The molecule has 204 valence electrons. The highest BCUT2D eigenvalue weighted by Gasteiger charge is 2.44. The molecule has 0 bridgehead atoms. The van der Waals surface area contributed by atoms with Gasteiger partial charge in [0.25, 0.3) is 0 Å². The Morgan fingerprint density at radius 3 is 2.84 bits per heavy atom. The molecule has 38 heavy (non-hydrogen) atoms. The number of imidazole rings is 1. The van der Waals surface area contributed by atoms with Gasteiger partial charge in [0.2, 0.25) is 0 Å². The molecule has 1 aliphatic heterocycles. The minimum absolute atomic E-state index is 0.0295. The second-order valence-electron chi connectivity index (χ2n) is 8.18. The molecular weight excluding hydrogens is 521 g/mol. The Balaban J connectivity index is 1.48. The van der Waals surface area contributed by atoms with E-state index in [0.29, 0.717) is 17.7 Å². The Kier molecular flexibility index (Phi) is 8.81. The molecule has 0 saturated carbocycles. The average Bonchev–Trinajstić information content (AvgIpc) is 3.54. The number of phosphoric ester groups is 1. The number of ether oxygens (including phenoxy) is 3. The van der Waals surface area contributed by atoms with Crippen molar-refractivity contribution in [3.05, 3.63) is 54.6 Å². The average molecular weight is 549 g/mol. The van der Waals surface area contributed by atoms with Gasteiger partial charge in [0, 0.05) is 6.54 Å². The predicted molar refractivity (Wildman–Crippen MR) is 134 cm³/mol. The number of urea groups is 1. The first kappa shape index (κ1) is 27.8. The van der Waals surface area contributed by atoms with E-state index in [-0.39, 0.29) is 19.2 Å². The maximum atomic E-state index is 11.9. The Hall–Kier alpha value is -3.27. The van der Waals surface area contributed by atoms with E-state index in [9.17, 15) is 19.1 Å². The lowest BCUT2D eigenvalue weighted by Gasteiger charge is -2.33. The number of rotatable bonds is 11. The quantitative estimate of drug-likeness (QED) is 0.169. The fraction of sp³-hybridized carbons (Fsp3) is 0.364. The summed E-state index contributed by atoms with van der Waals surface area (Å²) in [5.74, 6) is 0.184. The van der Waals surface area contributed by atoms with E-state index in [0.717, 1.165) is 5.56 Å². The van der Waals surface area contributed by atoms with Crippen LogP contribution in [0.25, 0.3) is 17.2 Å². The molecule has 1 fully saturated rings. The Labute approximate surface area is 217 Å². The van der Waals surface area contributed by atoms with Crippen LogP contribution in [0.3, 0.4) is 0 Å². The zero-order chi connectivity index (χ0) is 27.2. The summed E-state index contributed by atoms with van der Waals surface area (Å²) in [5.41, 5.74) is 6.13. The van der Waals surface area contributed by atoms with E-state index in [1.165, 1.54) is 17.2 Å². The van der Waals surface area contributed by atoms with E-state index in [4.69, 9.17) is 19.9 Å². The number of hydrogen-bond donors (Lipinski definition) is 5. The molecule has 0 aliphatic carbocycles. The standard InChI is InChI=1S/C22H28N7O8P/c1-2-24-21(30)28-19-18-20(26-12-25-19)29(13-27-18)14-35-22(23,11-36-38(31,32)33)16-10-34-17(37-16)9-8-15-6-4-3-5-7-15/h3-9,12-13,16-17H,2,10-11,14,23H2,1H3,(H2,31,32,33)(H2,24,25,26,28,30)/b9-8+/t16-,17-,22-/m1/s1. The SMILES string of the molecule is CCNC(=O)Nc1ncnc2c1ncn2CO[C@](N)(COP(=O)(O)O)[C@H]1CO[C@@H](/C=C/c2ccccc2)O1. The number of fused-ring (bicyclic) bond motifs is 1. The number of nitrogens with one attached hydrogen (secondary N) is 2. The summed E-state index contributed by atoms with van der Waals surface area (Å²) in [6, 6.07) is 9.03. The van der Waals surface area contributed by atoms with Crippen LogP contribution in [0.4, 0.5) is 10.6 Å². The van der Waals surface area contributed by atoms with Crippen molar-refractivity contribution in [3.8, 4) is 0 Å². The van der Waals surface area contributed by atoms with Crippen LogP contribution < -0.4 is 16.4 Å². The molecule has 1 aromatic carbocycles. The van der Waals surface area contributed by atoms with Crippen molar-refractivity contribution in [3.63, 3.8) is 0 Å². The molecule has 4 rings (SSSR count). The predicted octanol–water partition coefficient (Wildman–Crippen LogP) is 1.16. The lowest BCUT2D eigenvalue weighted by atomic mass is 10.1. The second kappa shape index (κ2) is 12.1. The smallest absolute Gasteiger partial charge is 0.346 e. The number of carbonyl (C=O) groups is 1. The first-order valence-electron chi connectivity index (χ1n) is 11.5. The van der Waals surface area contributed by atoms with Crippen LogP contribution in [-0.2, 0) is 30.0 Å². The third-order valence-electron chi connectivity index (χ3n) is 5.40. The minimum Gasteiger partial charge on any atom is -0.346 e. The molecule has 2 aromatic heterocycles. The molecule has 2 amide bonds. The van der Waals surface area contributed by atoms with Gasteiger partial charge >= 0.3 is 13.9 Å². The molecule has 0 radical (unpaired) electrons. The zero-order valence-corrected chi connectivity index (χ0v) is 21.2. The van der Waals surface area contributed by atoms with Gasteiger partial charge in [-0.3, -0.25) is 20.1 Å². The number of phosphoric acid groups is 1. The van der Waals surface area contributed by atoms with Crippen molar-refractivity contribution >= 4 is 36.9 Å². The topological polar surface area (TPSA) is 205 Å². The maximum Gasteiger partial charge on any atom is 0.469 e. The number of benzene rings is 1. The van der Waals surface area contributed by atoms with Gasteiger partial charge in [0.1, 0.15) is 25.8 Å². The monoisotopic (exact) mass is 549 g/mol. The molecule has 3 atom stereocenters. The van der Waals surface area contributed by atoms with E-state index in [1.807, 2.05) is 36.4 Å². The number of nitrogens with zero attached hydrogens (tertiary/aromatic N) is 4. The van der Waals surface area contributed by atoms with Gasteiger partial charge in [-0.25, -0.2) is 24.3 Å². The number of carbonyl (C=O) groups excluding carboxylic acids is 1. The van der Waals surface area contributed by atoms with Crippen LogP contribution >= 0.6 is 7.82 Å². The first-order valence-corrected chi connectivity index (χ1v) is 13.0. The van der Waals surface area contributed by atoms with Gasteiger partial charge < -0.3 is 29.3 Å². The second-order valence-corrected chi connectivity index (χ2v) is 9.42. The summed E-state index contributed by atoms with van der Waals surface area (Å²) in [6.45, 7) is 1.22. The van der Waals surface area contributed by atoms with Gasteiger partial charge in [0.05, 0.1) is 12.9 Å². The van der Waals surface area contributed by atoms with Crippen LogP contribution in [0.1, 0.15) is 12.5 Å². The van der Waals surface area contributed by atoms with Crippen molar-refractivity contribution in [2.45, 2.75) is 31.8 Å². The summed E-state index contributed by atoms with van der Waals surface area (Å²) < 4.78 is 34.9. The van der Waals surface area contributed by atoms with Gasteiger partial charge in [-0.1, -0.05) is 36.4 Å². The van der Waals surface area contributed by atoms with Crippen molar-refractivity contribution < 1.29 is 37.9 Å². The molecule has 0 unspecified atom stereocenters. The van der Waals surface area contributed by atoms with Gasteiger partial charge in [-0.15, -0.1) is 0 Å². The molecule has 15 nitrogen and oxygen atoms in total. The van der Waals surface area contributed by atoms with Crippen LogP contribution in [0.2, 0.25) is 0 Å². The molecule has 3 heterocycles. The summed E-state index contributed by atoms with van der Waals surface area (Å²) in [4.78, 5) is 42.9. The third-order valence-corrected chi connectivity index (χ3v) is 5.87. The number of hydrogen-bond acceptors (Lipinski definition) is 10. The number of nitrogens with two attached hydrogens (primary N) is 1. The molecule has 16 heteroatoms. The van der Waals surface area contributed by atoms with Crippen molar-refractivity contribution in [1.82, 2.24) is 24.8 Å². The highest BCUT2D eigenvalue weighted by molar-refractivity contribution is 7.46. The van der Waals surface area contributed by atoms with Gasteiger partial charge in [0.15, 0.2) is 29.0 Å². The van der Waals surface area contributed by atoms with E-state index in [1.54, 1.807) is 13.0 Å². The van der Waals surface area contributed by atoms with Crippen molar-refractivity contribution in [1.29, 1.82) is 0 Å². The first-order chi connectivity index (χ1) is 18.2. The normalized spacial score (nSPS) is 19.6. The van der Waals surface area contributed by atoms with Crippen LogP contribution in [-0.4, -0.2) is 73.2 Å². The number of anilines is 1. The third kappa shape index (κ3) is 7.18.